The zero-order chi connectivity index (χ0) is 14.4. The Kier molecular flexibility index (Phi) is 6.06. The molecule has 0 spiro atoms. The van der Waals surface area contributed by atoms with Gasteiger partial charge in [0.2, 0.25) is 0 Å². The van der Waals surface area contributed by atoms with Crippen LogP contribution in [0.2, 0.25) is 0 Å². The third-order valence-electron chi connectivity index (χ3n) is 2.82. The number of hydrogen-bond donors (Lipinski definition) is 1. The molecule has 110 valence electrons. The molecule has 2 heterocycles. The number of furan rings is 1. The number of thiophene rings is 1. The lowest BCUT2D eigenvalue weighted by atomic mass is 10.1. The van der Waals surface area contributed by atoms with Crippen molar-refractivity contribution in [3.63, 3.8) is 0 Å². The second-order valence-corrected chi connectivity index (χ2v) is 6.32. The van der Waals surface area contributed by atoms with Crippen LogP contribution in [-0.2, 0) is 18.7 Å². The summed E-state index contributed by atoms with van der Waals surface area (Å²) in [5.74, 6) is -0.765. The molecule has 1 atom stereocenters. The fourth-order valence-corrected chi connectivity index (χ4v) is 2.98. The van der Waals surface area contributed by atoms with Crippen molar-refractivity contribution >= 4 is 23.1 Å². The molecule has 0 radical (unpaired) electrons. The Morgan fingerprint density at radius 1 is 1.30 bits per heavy atom. The van der Waals surface area contributed by atoms with Crippen LogP contribution in [0.1, 0.15) is 24.0 Å². The minimum atomic E-state index is -2.35. The zero-order valence-electron chi connectivity index (χ0n) is 11.1. The van der Waals surface area contributed by atoms with Gasteiger partial charge in [-0.3, -0.25) is 0 Å². The van der Waals surface area contributed by atoms with Gasteiger partial charge in [0.1, 0.15) is 11.5 Å². The van der Waals surface area contributed by atoms with E-state index >= 15 is 0 Å². The number of alkyl halides is 2. The number of thioether (sulfide) groups is 1. The third kappa shape index (κ3) is 5.26. The van der Waals surface area contributed by atoms with E-state index in [-0.39, 0.29) is 5.75 Å². The molecule has 6 heteroatoms. The van der Waals surface area contributed by atoms with Crippen molar-refractivity contribution in [2.45, 2.75) is 37.4 Å². The molecule has 0 aliphatic heterocycles. The second kappa shape index (κ2) is 7.81. The van der Waals surface area contributed by atoms with Crippen LogP contribution in [-0.4, -0.2) is 11.8 Å². The van der Waals surface area contributed by atoms with Crippen molar-refractivity contribution in [1.82, 2.24) is 5.32 Å². The molecule has 2 aromatic rings. The zero-order valence-corrected chi connectivity index (χ0v) is 12.8. The SMILES string of the molecule is CC(Cc1ccsc1)NCc1ccc(CSC(F)F)o1. The van der Waals surface area contributed by atoms with Gasteiger partial charge in [-0.25, -0.2) is 0 Å². The topological polar surface area (TPSA) is 25.2 Å². The number of halogens is 2. The molecular formula is C14H17F2NOS2. The van der Waals surface area contributed by atoms with E-state index in [1.807, 2.05) is 6.07 Å². The normalized spacial score (nSPS) is 13.0. The summed E-state index contributed by atoms with van der Waals surface area (Å²) in [5, 5.41) is 7.59. The standard InChI is InChI=1S/C14H17F2NOS2/c1-10(6-11-4-5-19-8-11)17-7-12-2-3-13(18-12)9-20-14(15)16/h2-5,8,10,14,17H,6-7,9H2,1H3. The molecule has 0 aromatic carbocycles. The van der Waals surface area contributed by atoms with Crippen LogP contribution in [0.25, 0.3) is 0 Å². The maximum Gasteiger partial charge on any atom is 0.284 e. The van der Waals surface area contributed by atoms with E-state index in [0.717, 1.165) is 12.2 Å². The maximum atomic E-state index is 12.1. The summed E-state index contributed by atoms with van der Waals surface area (Å²) in [6, 6.07) is 6.06. The summed E-state index contributed by atoms with van der Waals surface area (Å²) in [7, 11) is 0. The molecule has 0 fully saturated rings. The number of hydrogen-bond acceptors (Lipinski definition) is 4. The molecule has 1 N–H and O–H groups in total. The van der Waals surface area contributed by atoms with Gasteiger partial charge in [0.05, 0.1) is 12.3 Å². The lowest BCUT2D eigenvalue weighted by Crippen LogP contribution is -2.27. The van der Waals surface area contributed by atoms with E-state index in [0.29, 0.717) is 30.1 Å². The minimum absolute atomic E-state index is 0.210. The quantitative estimate of drug-likeness (QED) is 0.775. The van der Waals surface area contributed by atoms with Crippen molar-refractivity contribution in [2.75, 3.05) is 0 Å². The Morgan fingerprint density at radius 3 is 2.80 bits per heavy atom. The summed E-state index contributed by atoms with van der Waals surface area (Å²) in [6.07, 6.45) is 0.971. The Balaban J connectivity index is 1.73. The van der Waals surface area contributed by atoms with Gasteiger partial charge in [-0.15, -0.1) is 0 Å². The Morgan fingerprint density at radius 2 is 2.10 bits per heavy atom. The molecule has 0 bridgehead atoms. The van der Waals surface area contributed by atoms with E-state index in [1.165, 1.54) is 5.56 Å². The molecule has 0 saturated carbocycles. The smallest absolute Gasteiger partial charge is 0.284 e. The third-order valence-corrected chi connectivity index (χ3v) is 4.25. The summed E-state index contributed by atoms with van der Waals surface area (Å²) < 4.78 is 29.6. The van der Waals surface area contributed by atoms with Gasteiger partial charge in [0, 0.05) is 6.04 Å². The predicted octanol–water partition coefficient (Wildman–Crippen LogP) is 4.52. The van der Waals surface area contributed by atoms with Gasteiger partial charge in [-0.1, -0.05) is 11.8 Å². The first-order valence-electron chi connectivity index (χ1n) is 6.35. The molecule has 0 saturated heterocycles. The molecule has 2 rings (SSSR count). The Labute approximate surface area is 125 Å². The molecule has 0 aliphatic carbocycles. The average molecular weight is 317 g/mol. The van der Waals surface area contributed by atoms with E-state index < -0.39 is 5.76 Å². The van der Waals surface area contributed by atoms with Gasteiger partial charge >= 0.3 is 0 Å². The highest BCUT2D eigenvalue weighted by atomic mass is 32.2. The number of rotatable bonds is 8. The van der Waals surface area contributed by atoms with Crippen LogP contribution < -0.4 is 5.32 Å². The monoisotopic (exact) mass is 317 g/mol. The fourth-order valence-electron chi connectivity index (χ4n) is 1.85. The summed E-state index contributed by atoms with van der Waals surface area (Å²) in [6.45, 7) is 2.73. The van der Waals surface area contributed by atoms with Gasteiger partial charge in [0.25, 0.3) is 5.76 Å². The summed E-state index contributed by atoms with van der Waals surface area (Å²) >= 11 is 2.28. The summed E-state index contributed by atoms with van der Waals surface area (Å²) in [4.78, 5) is 0. The van der Waals surface area contributed by atoms with Crippen molar-refractivity contribution in [1.29, 1.82) is 0 Å². The first kappa shape index (κ1) is 15.5. The first-order chi connectivity index (χ1) is 9.63. The minimum Gasteiger partial charge on any atom is -0.464 e. The maximum absolute atomic E-state index is 12.1. The van der Waals surface area contributed by atoms with E-state index in [9.17, 15) is 8.78 Å². The van der Waals surface area contributed by atoms with Gasteiger partial charge in [-0.2, -0.15) is 20.1 Å². The molecule has 2 aromatic heterocycles. The van der Waals surface area contributed by atoms with Crippen molar-refractivity contribution < 1.29 is 13.2 Å². The van der Waals surface area contributed by atoms with Crippen molar-refractivity contribution in [3.05, 3.63) is 46.0 Å². The van der Waals surface area contributed by atoms with Gasteiger partial charge < -0.3 is 9.73 Å². The van der Waals surface area contributed by atoms with Crippen LogP contribution >= 0.6 is 23.1 Å². The second-order valence-electron chi connectivity index (χ2n) is 4.56. The number of nitrogens with one attached hydrogen (secondary N) is 1. The lowest BCUT2D eigenvalue weighted by molar-refractivity contribution is 0.251. The molecule has 1 unspecified atom stereocenters. The van der Waals surface area contributed by atoms with Gasteiger partial charge in [0.15, 0.2) is 0 Å². The van der Waals surface area contributed by atoms with E-state index in [4.69, 9.17) is 4.42 Å². The van der Waals surface area contributed by atoms with Gasteiger partial charge in [-0.05, 0) is 47.9 Å². The predicted molar refractivity (Wildman–Crippen MR) is 80.3 cm³/mol. The fraction of sp³-hybridized carbons (Fsp3) is 0.429. The van der Waals surface area contributed by atoms with Crippen LogP contribution in [0.4, 0.5) is 8.78 Å². The highest BCUT2D eigenvalue weighted by Gasteiger charge is 2.08. The average Bonchev–Trinajstić information content (AvgIpc) is 3.05. The molecule has 0 aliphatic rings. The van der Waals surface area contributed by atoms with E-state index in [2.05, 4.69) is 29.1 Å². The van der Waals surface area contributed by atoms with Crippen LogP contribution in [0, 0.1) is 0 Å². The van der Waals surface area contributed by atoms with E-state index in [1.54, 1.807) is 17.4 Å². The molecule has 2 nitrogen and oxygen atoms in total. The van der Waals surface area contributed by atoms with Crippen molar-refractivity contribution in [2.24, 2.45) is 0 Å². The highest BCUT2D eigenvalue weighted by Crippen LogP contribution is 2.21. The molecule has 0 amide bonds. The first-order valence-corrected chi connectivity index (χ1v) is 8.34. The highest BCUT2D eigenvalue weighted by molar-refractivity contribution is 7.98. The Bertz CT molecular complexity index is 499. The van der Waals surface area contributed by atoms with Crippen molar-refractivity contribution in [3.8, 4) is 0 Å². The lowest BCUT2D eigenvalue weighted by Gasteiger charge is -2.11. The largest absolute Gasteiger partial charge is 0.464 e. The van der Waals surface area contributed by atoms with Crippen LogP contribution in [0.5, 0.6) is 0 Å². The molecular weight excluding hydrogens is 300 g/mol. The van der Waals surface area contributed by atoms with Crippen LogP contribution in [0.15, 0.2) is 33.4 Å². The molecule has 20 heavy (non-hydrogen) atoms. The van der Waals surface area contributed by atoms with Crippen LogP contribution in [0.3, 0.4) is 0 Å². The Hall–Kier alpha value is -0.850. The summed E-state index contributed by atoms with van der Waals surface area (Å²) in [5.41, 5.74) is 1.32.